The average molecular weight is 326 g/mol. The molecule has 0 saturated carbocycles. The molecule has 3 nitrogen and oxygen atoms in total. The lowest BCUT2D eigenvalue weighted by atomic mass is 10.2. The normalized spacial score (nSPS) is 11.8. The molecule has 0 aliphatic rings. The number of benzene rings is 2. The second-order valence-electron chi connectivity index (χ2n) is 4.59. The van der Waals surface area contributed by atoms with Gasteiger partial charge in [-0.05, 0) is 36.8 Å². The van der Waals surface area contributed by atoms with Gasteiger partial charge in [0.2, 0.25) is 0 Å². The molecule has 1 amide bonds. The van der Waals surface area contributed by atoms with Gasteiger partial charge in [0.05, 0.1) is 0 Å². The lowest BCUT2D eigenvalue weighted by molar-refractivity contribution is -0.122. The molecule has 0 saturated heterocycles. The zero-order chi connectivity index (χ0) is 16.1. The Bertz CT molecular complexity index is 679. The van der Waals surface area contributed by atoms with Gasteiger partial charge in [-0.2, -0.15) is 0 Å². The molecular weight excluding hydrogens is 312 g/mol. The molecule has 0 aromatic heterocycles. The first-order valence-electron chi connectivity index (χ1n) is 6.67. The average Bonchev–Trinajstić information content (AvgIpc) is 2.48. The predicted octanol–water partition coefficient (Wildman–Crippen LogP) is 4.41. The largest absolute Gasteiger partial charge is 0.481 e. The highest BCUT2D eigenvalue weighted by molar-refractivity contribution is 6.30. The maximum Gasteiger partial charge on any atom is 0.265 e. The maximum atomic E-state index is 13.1. The minimum absolute atomic E-state index is 0.164. The van der Waals surface area contributed by atoms with Gasteiger partial charge in [0.25, 0.3) is 5.91 Å². The molecule has 0 aliphatic heterocycles. The smallest absolute Gasteiger partial charge is 0.265 e. The van der Waals surface area contributed by atoms with Crippen molar-refractivity contribution in [3.8, 4) is 5.75 Å². The fraction of sp³-hybridized carbons (Fsp3) is 0.188. The van der Waals surface area contributed by atoms with E-state index < -0.39 is 23.6 Å². The summed E-state index contributed by atoms with van der Waals surface area (Å²) in [5, 5.41) is 2.99. The van der Waals surface area contributed by atoms with Crippen molar-refractivity contribution in [2.24, 2.45) is 0 Å². The van der Waals surface area contributed by atoms with E-state index in [4.69, 9.17) is 16.3 Å². The van der Waals surface area contributed by atoms with E-state index in [0.717, 1.165) is 12.1 Å². The Morgan fingerprint density at radius 1 is 1.23 bits per heavy atom. The van der Waals surface area contributed by atoms with E-state index in [0.29, 0.717) is 17.2 Å². The molecule has 2 aromatic rings. The van der Waals surface area contributed by atoms with E-state index in [1.54, 1.807) is 31.2 Å². The highest BCUT2D eigenvalue weighted by atomic mass is 35.5. The Morgan fingerprint density at radius 3 is 2.64 bits per heavy atom. The van der Waals surface area contributed by atoms with Gasteiger partial charge < -0.3 is 10.1 Å². The summed E-state index contributed by atoms with van der Waals surface area (Å²) in [4.78, 5) is 12.1. The summed E-state index contributed by atoms with van der Waals surface area (Å²) in [5.74, 6) is -1.99. The second-order valence-corrected chi connectivity index (χ2v) is 5.03. The molecule has 2 aromatic carbocycles. The van der Waals surface area contributed by atoms with Crippen LogP contribution in [0, 0.1) is 11.6 Å². The summed E-state index contributed by atoms with van der Waals surface area (Å²) in [6, 6.07) is 9.81. The van der Waals surface area contributed by atoms with Crippen LogP contribution in [-0.2, 0) is 4.79 Å². The lowest BCUT2D eigenvalue weighted by Gasteiger charge is -2.17. The maximum absolute atomic E-state index is 13.1. The molecule has 1 atom stereocenters. The van der Waals surface area contributed by atoms with E-state index in [2.05, 4.69) is 5.32 Å². The SMILES string of the molecule is CC[C@H](Oc1cccc(Cl)c1)C(=O)Nc1ccc(F)c(F)c1. The number of carbonyl (C=O) groups excluding carboxylic acids is 1. The molecule has 0 radical (unpaired) electrons. The Labute approximate surface area is 131 Å². The molecule has 1 N–H and O–H groups in total. The minimum Gasteiger partial charge on any atom is -0.481 e. The van der Waals surface area contributed by atoms with Crippen molar-refractivity contribution in [1.82, 2.24) is 0 Å². The first-order valence-corrected chi connectivity index (χ1v) is 7.05. The molecule has 116 valence electrons. The molecule has 22 heavy (non-hydrogen) atoms. The third kappa shape index (κ3) is 4.18. The number of carbonyl (C=O) groups is 1. The summed E-state index contributed by atoms with van der Waals surface area (Å²) >= 11 is 5.86. The Morgan fingerprint density at radius 2 is 2.00 bits per heavy atom. The quantitative estimate of drug-likeness (QED) is 0.884. The zero-order valence-corrected chi connectivity index (χ0v) is 12.5. The molecular formula is C16H14ClF2NO2. The summed E-state index contributed by atoms with van der Waals surface area (Å²) in [6.45, 7) is 1.78. The first-order chi connectivity index (χ1) is 10.5. The van der Waals surface area contributed by atoms with Gasteiger partial charge in [0.15, 0.2) is 17.7 Å². The Hall–Kier alpha value is -2.14. The number of hydrogen-bond donors (Lipinski definition) is 1. The van der Waals surface area contributed by atoms with Crippen molar-refractivity contribution in [2.45, 2.75) is 19.4 Å². The second kappa shape index (κ2) is 7.22. The molecule has 0 heterocycles. The van der Waals surface area contributed by atoms with Crippen molar-refractivity contribution >= 4 is 23.2 Å². The number of amides is 1. The van der Waals surface area contributed by atoms with E-state index in [9.17, 15) is 13.6 Å². The zero-order valence-electron chi connectivity index (χ0n) is 11.8. The molecule has 0 spiro atoms. The highest BCUT2D eigenvalue weighted by Crippen LogP contribution is 2.20. The van der Waals surface area contributed by atoms with Crippen LogP contribution in [0.25, 0.3) is 0 Å². The Balaban J connectivity index is 2.06. The standard InChI is InChI=1S/C16H14ClF2NO2/c1-2-15(22-12-5-3-4-10(17)8-12)16(21)20-11-6-7-13(18)14(19)9-11/h3-9,15H,2H2,1H3,(H,20,21)/t15-/m0/s1. The Kier molecular flexibility index (Phi) is 5.33. The molecule has 6 heteroatoms. The summed E-state index contributed by atoms with van der Waals surface area (Å²) in [7, 11) is 0. The predicted molar refractivity (Wildman–Crippen MR) is 81.1 cm³/mol. The van der Waals surface area contributed by atoms with Crippen molar-refractivity contribution < 1.29 is 18.3 Å². The molecule has 0 bridgehead atoms. The third-order valence-electron chi connectivity index (χ3n) is 2.92. The van der Waals surface area contributed by atoms with Crippen molar-refractivity contribution in [1.29, 1.82) is 0 Å². The topological polar surface area (TPSA) is 38.3 Å². The van der Waals surface area contributed by atoms with Crippen LogP contribution in [-0.4, -0.2) is 12.0 Å². The monoisotopic (exact) mass is 325 g/mol. The van der Waals surface area contributed by atoms with Crippen LogP contribution in [0.1, 0.15) is 13.3 Å². The highest BCUT2D eigenvalue weighted by Gasteiger charge is 2.19. The number of halogens is 3. The number of nitrogens with one attached hydrogen (secondary N) is 1. The van der Waals surface area contributed by atoms with Crippen LogP contribution in [0.15, 0.2) is 42.5 Å². The number of ether oxygens (including phenoxy) is 1. The van der Waals surface area contributed by atoms with Gasteiger partial charge in [-0.25, -0.2) is 8.78 Å². The van der Waals surface area contributed by atoms with Crippen LogP contribution in [0.5, 0.6) is 5.75 Å². The van der Waals surface area contributed by atoms with Crippen molar-refractivity contribution in [3.63, 3.8) is 0 Å². The van der Waals surface area contributed by atoms with Crippen molar-refractivity contribution in [2.75, 3.05) is 5.32 Å². The fourth-order valence-corrected chi connectivity index (χ4v) is 2.00. The van der Waals surface area contributed by atoms with E-state index in [1.807, 2.05) is 0 Å². The number of anilines is 1. The number of rotatable bonds is 5. The van der Waals surface area contributed by atoms with Crippen LogP contribution in [0.4, 0.5) is 14.5 Å². The van der Waals surface area contributed by atoms with E-state index >= 15 is 0 Å². The fourth-order valence-electron chi connectivity index (χ4n) is 1.82. The van der Waals surface area contributed by atoms with Gasteiger partial charge in [0, 0.05) is 16.8 Å². The molecule has 0 fully saturated rings. The summed E-state index contributed by atoms with van der Waals surface area (Å²) in [6.07, 6.45) is -0.367. The van der Waals surface area contributed by atoms with Crippen LogP contribution >= 0.6 is 11.6 Å². The van der Waals surface area contributed by atoms with Crippen LogP contribution in [0.3, 0.4) is 0 Å². The van der Waals surface area contributed by atoms with Gasteiger partial charge in [0.1, 0.15) is 5.75 Å². The number of hydrogen-bond acceptors (Lipinski definition) is 2. The van der Waals surface area contributed by atoms with Gasteiger partial charge in [-0.15, -0.1) is 0 Å². The van der Waals surface area contributed by atoms with Crippen LogP contribution in [0.2, 0.25) is 5.02 Å². The van der Waals surface area contributed by atoms with Gasteiger partial charge >= 0.3 is 0 Å². The minimum atomic E-state index is -1.03. The van der Waals surface area contributed by atoms with E-state index in [-0.39, 0.29) is 5.69 Å². The van der Waals surface area contributed by atoms with Crippen molar-refractivity contribution in [3.05, 3.63) is 59.1 Å². The van der Waals surface area contributed by atoms with E-state index in [1.165, 1.54) is 6.07 Å². The molecule has 0 aliphatic carbocycles. The molecule has 2 rings (SSSR count). The van der Waals surface area contributed by atoms with Gasteiger partial charge in [-0.1, -0.05) is 24.6 Å². The van der Waals surface area contributed by atoms with Gasteiger partial charge in [-0.3, -0.25) is 4.79 Å². The first kappa shape index (κ1) is 16.2. The summed E-state index contributed by atoms with van der Waals surface area (Å²) < 4.78 is 31.6. The summed E-state index contributed by atoms with van der Waals surface area (Å²) in [5.41, 5.74) is 0.164. The lowest BCUT2D eigenvalue weighted by Crippen LogP contribution is -2.32. The van der Waals surface area contributed by atoms with Crippen LogP contribution < -0.4 is 10.1 Å². The molecule has 0 unspecified atom stereocenters. The third-order valence-corrected chi connectivity index (χ3v) is 3.16.